The molecule has 0 aliphatic rings. The zero-order chi connectivity index (χ0) is 24.9. The van der Waals surface area contributed by atoms with E-state index in [0.717, 1.165) is 25.7 Å². The van der Waals surface area contributed by atoms with E-state index in [0.29, 0.717) is 13.2 Å². The van der Waals surface area contributed by atoms with Gasteiger partial charge in [0.15, 0.2) is 0 Å². The van der Waals surface area contributed by atoms with Crippen LogP contribution in [0.25, 0.3) is 0 Å². The van der Waals surface area contributed by atoms with Crippen molar-refractivity contribution in [3.8, 4) is 0 Å². The monoisotopic (exact) mass is 518 g/mol. The molecule has 0 spiro atoms. The maximum Gasteiger partial charge on any atom is 0.508 e. The van der Waals surface area contributed by atoms with Gasteiger partial charge in [-0.1, -0.05) is 127 Å². The second-order valence-corrected chi connectivity index (χ2v) is 35.9. The summed E-state index contributed by atoms with van der Waals surface area (Å²) < 4.78 is 10.5. The highest BCUT2D eigenvalue weighted by Gasteiger charge is 2.24. The average molecular weight is 519 g/mol. The Hall–Kier alpha value is 0.138. The summed E-state index contributed by atoms with van der Waals surface area (Å²) >= 11 is 0. The summed E-state index contributed by atoms with van der Waals surface area (Å²) in [5.74, 6) is 0. The fourth-order valence-corrected chi connectivity index (χ4v) is 18.1. The van der Waals surface area contributed by atoms with Crippen molar-refractivity contribution in [3.63, 3.8) is 0 Å². The lowest BCUT2D eigenvalue weighted by atomic mass is 10.3. The van der Waals surface area contributed by atoms with Crippen LogP contribution in [0.4, 0.5) is 4.79 Å². The molecule has 0 saturated heterocycles. The van der Waals surface area contributed by atoms with E-state index in [1.54, 1.807) is 0 Å². The van der Waals surface area contributed by atoms with E-state index in [2.05, 4.69) is 65.5 Å². The van der Waals surface area contributed by atoms with Crippen LogP contribution < -0.4 is 0 Å². The molecular weight excluding hydrogens is 461 g/mol. The zero-order valence-electron chi connectivity index (χ0n) is 23.6. The molecule has 0 heterocycles. The number of rotatable bonds is 18. The molecule has 0 aliphatic carbocycles. The Morgan fingerprint density at radius 1 is 0.469 bits per heavy atom. The van der Waals surface area contributed by atoms with Gasteiger partial charge in [0, 0.05) is 32.3 Å². The molecular formula is C25H58O3Si4. The van der Waals surface area contributed by atoms with E-state index in [9.17, 15) is 4.79 Å². The van der Waals surface area contributed by atoms with Gasteiger partial charge in [-0.05, 0) is 12.8 Å². The lowest BCUT2D eigenvalue weighted by molar-refractivity contribution is 0.0530. The topological polar surface area (TPSA) is 35.5 Å². The summed E-state index contributed by atoms with van der Waals surface area (Å²) in [6, 6.07) is 8.70. The van der Waals surface area contributed by atoms with Crippen LogP contribution in [-0.2, 0) is 9.47 Å². The fraction of sp³-hybridized carbons (Fsp3) is 0.960. The minimum atomic E-state index is -1.04. The van der Waals surface area contributed by atoms with E-state index >= 15 is 0 Å². The lowest BCUT2D eigenvalue weighted by Gasteiger charge is -2.26. The standard InChI is InChI=1S/C25H58O3Si4/c1-29(2,3)21-23-31(7,8)19-15-11-13-17-27-25(26)28-18-14-12-16-20-32(9,10)24-22-30(4,5)6/h11-24H2,1-10H3. The highest BCUT2D eigenvalue weighted by Crippen LogP contribution is 2.26. The molecule has 3 nitrogen and oxygen atoms in total. The average Bonchev–Trinajstić information content (AvgIpc) is 2.63. The van der Waals surface area contributed by atoms with Crippen molar-refractivity contribution in [2.24, 2.45) is 0 Å². The van der Waals surface area contributed by atoms with E-state index in [1.807, 2.05) is 0 Å². The van der Waals surface area contributed by atoms with E-state index in [-0.39, 0.29) is 0 Å². The third-order valence-corrected chi connectivity index (χ3v) is 17.7. The van der Waals surface area contributed by atoms with Crippen LogP contribution in [0.2, 0.25) is 102 Å². The predicted octanol–water partition coefficient (Wildman–Crippen LogP) is 9.57. The molecule has 0 amide bonds. The van der Waals surface area contributed by atoms with E-state index in [1.165, 1.54) is 49.1 Å². The van der Waals surface area contributed by atoms with Crippen molar-refractivity contribution >= 4 is 38.5 Å². The molecule has 32 heavy (non-hydrogen) atoms. The van der Waals surface area contributed by atoms with Crippen LogP contribution >= 0.6 is 0 Å². The van der Waals surface area contributed by atoms with Crippen LogP contribution in [0.15, 0.2) is 0 Å². The van der Waals surface area contributed by atoms with Gasteiger partial charge in [0.2, 0.25) is 0 Å². The smallest absolute Gasteiger partial charge is 0.434 e. The molecule has 0 aromatic carbocycles. The molecule has 0 bridgehead atoms. The summed E-state index contributed by atoms with van der Waals surface area (Å²) in [7, 11) is -3.91. The SMILES string of the molecule is C[Si](C)(C)CC[Si](C)(C)CCCCCOC(=O)OCCCCC[Si](C)(C)CC[Si](C)(C)C. The minimum Gasteiger partial charge on any atom is -0.434 e. The maximum atomic E-state index is 11.8. The first kappa shape index (κ1) is 32.1. The van der Waals surface area contributed by atoms with Gasteiger partial charge in [-0.3, -0.25) is 0 Å². The highest BCUT2D eigenvalue weighted by atomic mass is 28.3. The van der Waals surface area contributed by atoms with Crippen LogP contribution in [0.3, 0.4) is 0 Å². The largest absolute Gasteiger partial charge is 0.508 e. The molecule has 0 aromatic heterocycles. The second-order valence-electron chi connectivity index (χ2n) is 14.0. The van der Waals surface area contributed by atoms with Gasteiger partial charge in [0.05, 0.1) is 13.2 Å². The van der Waals surface area contributed by atoms with Gasteiger partial charge in [-0.25, -0.2) is 4.79 Å². The van der Waals surface area contributed by atoms with Crippen molar-refractivity contribution in [1.29, 1.82) is 0 Å². The van der Waals surface area contributed by atoms with Crippen molar-refractivity contribution in [2.45, 2.75) is 140 Å². The summed E-state index contributed by atoms with van der Waals surface area (Å²) in [4.78, 5) is 11.8. The molecule has 0 N–H and O–H groups in total. The van der Waals surface area contributed by atoms with Crippen LogP contribution in [0.1, 0.15) is 38.5 Å². The molecule has 0 fully saturated rings. The molecule has 0 saturated carbocycles. The van der Waals surface area contributed by atoms with Crippen molar-refractivity contribution < 1.29 is 14.3 Å². The van der Waals surface area contributed by atoms with Crippen LogP contribution in [-0.4, -0.2) is 51.7 Å². The number of ether oxygens (including phenoxy) is 2. The molecule has 0 rings (SSSR count). The second kappa shape index (κ2) is 15.2. The first-order valence-corrected chi connectivity index (χ1v) is 27.6. The number of hydrogen-bond acceptors (Lipinski definition) is 3. The minimum absolute atomic E-state index is 0.473. The summed E-state index contributed by atoms with van der Waals surface area (Å²) in [5, 5.41) is 0. The molecule has 0 aromatic rings. The Labute approximate surface area is 205 Å². The van der Waals surface area contributed by atoms with Gasteiger partial charge in [-0.15, -0.1) is 0 Å². The van der Waals surface area contributed by atoms with Gasteiger partial charge >= 0.3 is 6.16 Å². The fourth-order valence-electron chi connectivity index (χ4n) is 3.79. The molecule has 7 heteroatoms. The number of hydrogen-bond donors (Lipinski definition) is 0. The first-order valence-electron chi connectivity index (χ1n) is 13.3. The lowest BCUT2D eigenvalue weighted by Crippen LogP contribution is -2.30. The Kier molecular flexibility index (Phi) is 15.3. The summed E-state index contributed by atoms with van der Waals surface area (Å²) in [5.41, 5.74) is 0. The van der Waals surface area contributed by atoms with Crippen molar-refractivity contribution in [3.05, 3.63) is 0 Å². The van der Waals surface area contributed by atoms with Gasteiger partial charge < -0.3 is 9.47 Å². The predicted molar refractivity (Wildman–Crippen MR) is 155 cm³/mol. The van der Waals surface area contributed by atoms with Gasteiger partial charge in [-0.2, -0.15) is 0 Å². The van der Waals surface area contributed by atoms with E-state index in [4.69, 9.17) is 9.47 Å². The Morgan fingerprint density at radius 2 is 0.812 bits per heavy atom. The quantitative estimate of drug-likeness (QED) is 0.103. The third-order valence-electron chi connectivity index (χ3n) is 6.54. The third kappa shape index (κ3) is 22.0. The number of carbonyl (C=O) groups excluding carboxylic acids is 1. The first-order chi connectivity index (χ1) is 14.5. The molecule has 0 atom stereocenters. The van der Waals surface area contributed by atoms with Crippen LogP contribution in [0, 0.1) is 0 Å². The number of unbranched alkanes of at least 4 members (excludes halogenated alkanes) is 4. The highest BCUT2D eigenvalue weighted by molar-refractivity contribution is 6.82. The normalized spacial score (nSPS) is 13.3. The molecule has 0 radical (unpaired) electrons. The molecule has 0 aliphatic heterocycles. The maximum absolute atomic E-state index is 11.8. The molecule has 0 unspecified atom stereocenters. The van der Waals surface area contributed by atoms with Crippen molar-refractivity contribution in [1.82, 2.24) is 0 Å². The number of carbonyl (C=O) groups is 1. The molecule has 192 valence electrons. The Bertz CT molecular complexity index is 464. The van der Waals surface area contributed by atoms with E-state index < -0.39 is 38.5 Å². The Balaban J connectivity index is 3.67. The van der Waals surface area contributed by atoms with Crippen LogP contribution in [0.5, 0.6) is 0 Å². The summed E-state index contributed by atoms with van der Waals surface area (Å²) in [6.07, 6.45) is 6.33. The zero-order valence-corrected chi connectivity index (χ0v) is 27.6. The van der Waals surface area contributed by atoms with Crippen molar-refractivity contribution in [2.75, 3.05) is 13.2 Å². The van der Waals surface area contributed by atoms with Gasteiger partial charge in [0.25, 0.3) is 0 Å². The van der Waals surface area contributed by atoms with Gasteiger partial charge in [0.1, 0.15) is 0 Å². The Morgan fingerprint density at radius 3 is 1.12 bits per heavy atom. The summed E-state index contributed by atoms with van der Waals surface area (Å²) in [6.45, 7) is 26.0.